The topological polar surface area (TPSA) is 116 Å². The standard InChI is InChI=1S/C16H14BrN9OS/c1-8-6-9(2)26-15(18-8)20-13(22-26)14(27)19-11-7-10(17)4-5-12(11)28-16-21-23-24-25(16)3/h4-7H,1-3H3,(H,19,27). The zero-order valence-electron chi connectivity index (χ0n) is 15.1. The number of hydrogen-bond acceptors (Lipinski definition) is 8. The molecule has 0 radical (unpaired) electrons. The molecule has 0 bridgehead atoms. The van der Waals surface area contributed by atoms with E-state index in [4.69, 9.17) is 0 Å². The molecule has 142 valence electrons. The second-order valence-corrected chi connectivity index (χ2v) is 7.89. The minimum Gasteiger partial charge on any atom is -0.318 e. The van der Waals surface area contributed by atoms with E-state index in [-0.39, 0.29) is 5.82 Å². The van der Waals surface area contributed by atoms with Gasteiger partial charge in [0.25, 0.3) is 11.7 Å². The Morgan fingerprint density at radius 3 is 2.79 bits per heavy atom. The third-order valence-corrected chi connectivity index (χ3v) is 5.39. The Balaban J connectivity index is 1.65. The molecule has 28 heavy (non-hydrogen) atoms. The van der Waals surface area contributed by atoms with Crippen LogP contribution in [-0.4, -0.2) is 45.7 Å². The summed E-state index contributed by atoms with van der Waals surface area (Å²) >= 11 is 4.76. The van der Waals surface area contributed by atoms with Crippen molar-refractivity contribution in [1.82, 2.24) is 39.8 Å². The van der Waals surface area contributed by atoms with Crippen LogP contribution in [0.1, 0.15) is 22.0 Å². The van der Waals surface area contributed by atoms with Crippen molar-refractivity contribution in [2.75, 3.05) is 5.32 Å². The molecule has 0 unspecified atom stereocenters. The second kappa shape index (κ2) is 7.28. The van der Waals surface area contributed by atoms with Crippen molar-refractivity contribution in [2.45, 2.75) is 23.9 Å². The Morgan fingerprint density at radius 2 is 2.04 bits per heavy atom. The van der Waals surface area contributed by atoms with E-state index in [0.717, 1.165) is 20.8 Å². The first-order chi connectivity index (χ1) is 13.4. The molecule has 0 aliphatic carbocycles. The number of anilines is 1. The van der Waals surface area contributed by atoms with Crippen LogP contribution in [0.4, 0.5) is 5.69 Å². The van der Waals surface area contributed by atoms with Crippen LogP contribution in [0.25, 0.3) is 5.78 Å². The van der Waals surface area contributed by atoms with Crippen molar-refractivity contribution >= 4 is 45.1 Å². The molecule has 0 atom stereocenters. The Morgan fingerprint density at radius 1 is 1.21 bits per heavy atom. The van der Waals surface area contributed by atoms with E-state index in [0.29, 0.717) is 16.6 Å². The molecule has 4 rings (SSSR count). The van der Waals surface area contributed by atoms with Gasteiger partial charge in [0, 0.05) is 27.8 Å². The van der Waals surface area contributed by atoms with Gasteiger partial charge in [-0.15, -0.1) is 10.2 Å². The average molecular weight is 460 g/mol. The first kappa shape index (κ1) is 18.5. The molecule has 1 amide bonds. The molecule has 0 saturated heterocycles. The number of nitrogens with zero attached hydrogens (tertiary/aromatic N) is 8. The van der Waals surface area contributed by atoms with Gasteiger partial charge in [0.1, 0.15) is 0 Å². The van der Waals surface area contributed by atoms with Crippen LogP contribution in [0.5, 0.6) is 0 Å². The van der Waals surface area contributed by atoms with Crippen LogP contribution in [0, 0.1) is 13.8 Å². The average Bonchev–Trinajstić information content (AvgIpc) is 3.24. The molecule has 3 heterocycles. The number of aromatic nitrogens is 8. The maximum absolute atomic E-state index is 12.8. The molecular weight excluding hydrogens is 446 g/mol. The van der Waals surface area contributed by atoms with Gasteiger partial charge in [-0.2, -0.15) is 4.98 Å². The number of fused-ring (bicyclic) bond motifs is 1. The van der Waals surface area contributed by atoms with Gasteiger partial charge in [-0.1, -0.05) is 15.9 Å². The number of halogens is 1. The summed E-state index contributed by atoms with van der Waals surface area (Å²) in [5, 5.41) is 19.1. The lowest BCUT2D eigenvalue weighted by molar-refractivity contribution is 0.101. The van der Waals surface area contributed by atoms with Crippen molar-refractivity contribution in [3.8, 4) is 0 Å². The van der Waals surface area contributed by atoms with Gasteiger partial charge in [0.05, 0.1) is 5.69 Å². The van der Waals surface area contributed by atoms with Crippen LogP contribution in [0.15, 0.2) is 38.8 Å². The van der Waals surface area contributed by atoms with E-state index < -0.39 is 5.91 Å². The Kier molecular flexibility index (Phi) is 4.81. The van der Waals surface area contributed by atoms with Crippen LogP contribution in [0.3, 0.4) is 0 Å². The van der Waals surface area contributed by atoms with E-state index in [2.05, 4.69) is 51.8 Å². The third-order valence-electron chi connectivity index (χ3n) is 3.79. The summed E-state index contributed by atoms with van der Waals surface area (Å²) in [6.07, 6.45) is 0. The largest absolute Gasteiger partial charge is 0.318 e. The van der Waals surface area contributed by atoms with E-state index in [1.807, 2.05) is 32.0 Å². The fourth-order valence-corrected chi connectivity index (χ4v) is 3.70. The number of benzene rings is 1. The Hall–Kier alpha value is -2.86. The lowest BCUT2D eigenvalue weighted by atomic mass is 10.3. The Bertz CT molecular complexity index is 1200. The summed E-state index contributed by atoms with van der Waals surface area (Å²) in [4.78, 5) is 22.1. The number of hydrogen-bond donors (Lipinski definition) is 1. The Labute approximate surface area is 171 Å². The minimum atomic E-state index is -0.432. The molecule has 4 aromatic rings. The smallest absolute Gasteiger partial charge is 0.295 e. The molecule has 0 aliphatic heterocycles. The molecule has 0 saturated carbocycles. The zero-order valence-corrected chi connectivity index (χ0v) is 17.5. The van der Waals surface area contributed by atoms with Gasteiger partial charge in [-0.05, 0) is 60.3 Å². The van der Waals surface area contributed by atoms with Crippen molar-refractivity contribution < 1.29 is 4.79 Å². The molecule has 1 N–H and O–H groups in total. The lowest BCUT2D eigenvalue weighted by Crippen LogP contribution is -2.14. The lowest BCUT2D eigenvalue weighted by Gasteiger charge is -2.09. The predicted molar refractivity (Wildman–Crippen MR) is 105 cm³/mol. The van der Waals surface area contributed by atoms with Gasteiger partial charge < -0.3 is 5.32 Å². The van der Waals surface area contributed by atoms with Gasteiger partial charge in [-0.25, -0.2) is 14.2 Å². The highest BCUT2D eigenvalue weighted by molar-refractivity contribution is 9.10. The maximum Gasteiger partial charge on any atom is 0.295 e. The molecule has 3 aromatic heterocycles. The van der Waals surface area contributed by atoms with Gasteiger partial charge in [-0.3, -0.25) is 4.79 Å². The maximum atomic E-state index is 12.8. The van der Waals surface area contributed by atoms with Gasteiger partial charge in [0.2, 0.25) is 11.0 Å². The first-order valence-electron chi connectivity index (χ1n) is 8.13. The molecule has 1 aromatic carbocycles. The molecule has 0 fully saturated rings. The quantitative estimate of drug-likeness (QED) is 0.494. The van der Waals surface area contributed by atoms with Crippen molar-refractivity contribution in [3.05, 3.63) is 46.0 Å². The van der Waals surface area contributed by atoms with Gasteiger partial charge >= 0.3 is 0 Å². The number of tetrazole rings is 1. The van der Waals surface area contributed by atoms with Gasteiger partial charge in [0.15, 0.2) is 0 Å². The fraction of sp³-hybridized carbons (Fsp3) is 0.188. The number of carbonyl (C=O) groups excluding carboxylic acids is 1. The second-order valence-electron chi connectivity index (χ2n) is 5.97. The summed E-state index contributed by atoms with van der Waals surface area (Å²) in [6.45, 7) is 3.75. The molecule has 12 heteroatoms. The highest BCUT2D eigenvalue weighted by atomic mass is 79.9. The minimum absolute atomic E-state index is 0.0393. The fourth-order valence-electron chi connectivity index (χ4n) is 2.54. The summed E-state index contributed by atoms with van der Waals surface area (Å²) in [6, 6.07) is 7.42. The summed E-state index contributed by atoms with van der Waals surface area (Å²) in [7, 11) is 1.75. The monoisotopic (exact) mass is 459 g/mol. The van der Waals surface area contributed by atoms with Crippen LogP contribution in [-0.2, 0) is 7.05 Å². The predicted octanol–water partition coefficient (Wildman–Crippen LogP) is 2.43. The SMILES string of the molecule is Cc1cc(C)n2nc(C(=O)Nc3cc(Br)ccc3Sc3nnnn3C)nc2n1. The molecule has 0 aliphatic rings. The van der Waals surface area contributed by atoms with Crippen LogP contribution < -0.4 is 5.32 Å². The number of rotatable bonds is 4. The van der Waals surface area contributed by atoms with Crippen LogP contribution in [0.2, 0.25) is 0 Å². The molecular formula is C16H14BrN9OS. The normalized spacial score (nSPS) is 11.1. The van der Waals surface area contributed by atoms with Crippen molar-refractivity contribution in [1.29, 1.82) is 0 Å². The summed E-state index contributed by atoms with van der Waals surface area (Å²) < 4.78 is 3.92. The third kappa shape index (κ3) is 3.60. The zero-order chi connectivity index (χ0) is 19.8. The number of amides is 1. The summed E-state index contributed by atoms with van der Waals surface area (Å²) in [5.74, 6) is -0.00677. The van der Waals surface area contributed by atoms with Crippen LogP contribution >= 0.6 is 27.7 Å². The number of nitrogens with one attached hydrogen (secondary N) is 1. The van der Waals surface area contributed by atoms with E-state index >= 15 is 0 Å². The molecule has 10 nitrogen and oxygen atoms in total. The van der Waals surface area contributed by atoms with Crippen molar-refractivity contribution in [2.24, 2.45) is 7.05 Å². The van der Waals surface area contributed by atoms with E-state index in [9.17, 15) is 4.79 Å². The number of aryl methyl sites for hydroxylation is 3. The van der Waals surface area contributed by atoms with E-state index in [1.165, 1.54) is 11.8 Å². The number of carbonyl (C=O) groups is 1. The molecule has 0 spiro atoms. The highest BCUT2D eigenvalue weighted by Gasteiger charge is 2.18. The summed E-state index contributed by atoms with van der Waals surface area (Å²) in [5.41, 5.74) is 2.25. The van der Waals surface area contributed by atoms with E-state index in [1.54, 1.807) is 22.3 Å². The van der Waals surface area contributed by atoms with Crippen molar-refractivity contribution in [3.63, 3.8) is 0 Å². The highest BCUT2D eigenvalue weighted by Crippen LogP contribution is 2.34. The first-order valence-corrected chi connectivity index (χ1v) is 9.74.